The molecular formula is C12H23N3O2. The molecule has 0 aromatic carbocycles. The van der Waals surface area contributed by atoms with E-state index in [1.165, 1.54) is 0 Å². The summed E-state index contributed by atoms with van der Waals surface area (Å²) in [7, 11) is 0. The maximum absolute atomic E-state index is 11.8. The molecule has 0 radical (unpaired) electrons. The van der Waals surface area contributed by atoms with Crippen LogP contribution in [0.5, 0.6) is 0 Å². The molecule has 1 aliphatic rings. The summed E-state index contributed by atoms with van der Waals surface area (Å²) in [4.78, 5) is 23.2. The van der Waals surface area contributed by atoms with Gasteiger partial charge in [-0.25, -0.2) is 0 Å². The van der Waals surface area contributed by atoms with Crippen LogP contribution in [0, 0.1) is 5.92 Å². The molecule has 4 N–H and O–H groups in total. The topological polar surface area (TPSA) is 84.2 Å². The Bertz CT molecular complexity index is 279. The van der Waals surface area contributed by atoms with Crippen LogP contribution in [0.25, 0.3) is 0 Å². The molecule has 2 unspecified atom stereocenters. The Labute approximate surface area is 103 Å². The minimum absolute atomic E-state index is 0.0419. The first-order chi connectivity index (χ1) is 8.00. The van der Waals surface area contributed by atoms with Gasteiger partial charge in [0.05, 0.1) is 12.5 Å². The lowest BCUT2D eigenvalue weighted by molar-refractivity contribution is -0.129. The van der Waals surface area contributed by atoms with Crippen molar-refractivity contribution in [3.8, 4) is 0 Å². The molecule has 5 heteroatoms. The van der Waals surface area contributed by atoms with Crippen molar-refractivity contribution in [3.05, 3.63) is 0 Å². The van der Waals surface area contributed by atoms with Gasteiger partial charge >= 0.3 is 0 Å². The Morgan fingerprint density at radius 1 is 1.29 bits per heavy atom. The second kappa shape index (κ2) is 6.59. The molecule has 1 aliphatic carbocycles. The number of amides is 2. The highest BCUT2D eigenvalue weighted by Gasteiger charge is 2.28. The summed E-state index contributed by atoms with van der Waals surface area (Å²) in [6, 6.07) is 0.0354. The first-order valence-corrected chi connectivity index (χ1v) is 6.33. The fourth-order valence-electron chi connectivity index (χ4n) is 2.16. The largest absolute Gasteiger partial charge is 0.352 e. The molecule has 2 amide bonds. The summed E-state index contributed by atoms with van der Waals surface area (Å²) in [5.74, 6) is -0.371. The first kappa shape index (κ1) is 14.0. The third kappa shape index (κ3) is 4.73. The van der Waals surface area contributed by atoms with Gasteiger partial charge < -0.3 is 16.4 Å². The second-order valence-corrected chi connectivity index (χ2v) is 4.99. The monoisotopic (exact) mass is 241 g/mol. The molecule has 0 aromatic heterocycles. The minimum atomic E-state index is -0.155. The summed E-state index contributed by atoms with van der Waals surface area (Å²) in [6.45, 7) is 3.81. The van der Waals surface area contributed by atoms with Crippen LogP contribution >= 0.6 is 0 Å². The normalized spacial score (nSPS) is 24.5. The van der Waals surface area contributed by atoms with Gasteiger partial charge in [0.1, 0.15) is 0 Å². The number of hydrogen-bond donors (Lipinski definition) is 3. The summed E-state index contributed by atoms with van der Waals surface area (Å²) in [5.41, 5.74) is 5.91. The zero-order valence-electron chi connectivity index (χ0n) is 10.7. The van der Waals surface area contributed by atoms with Crippen LogP contribution in [0.3, 0.4) is 0 Å². The van der Waals surface area contributed by atoms with Crippen LogP contribution in [0.4, 0.5) is 0 Å². The molecule has 1 saturated carbocycles. The molecule has 1 fully saturated rings. The zero-order valence-corrected chi connectivity index (χ0v) is 10.7. The molecule has 5 nitrogen and oxygen atoms in total. The lowest BCUT2D eigenvalue weighted by atomic mass is 9.84. The van der Waals surface area contributed by atoms with Gasteiger partial charge in [-0.1, -0.05) is 12.8 Å². The van der Waals surface area contributed by atoms with Crippen molar-refractivity contribution in [1.82, 2.24) is 10.6 Å². The van der Waals surface area contributed by atoms with Gasteiger partial charge in [0.25, 0.3) is 0 Å². The third-order valence-electron chi connectivity index (χ3n) is 3.03. The Balaban J connectivity index is 2.31. The molecule has 0 spiro atoms. The van der Waals surface area contributed by atoms with Crippen LogP contribution in [-0.4, -0.2) is 30.4 Å². The standard InChI is InChI=1S/C12H23N3O2/c1-8(2)15-11(16)7-14-12(17)9-5-3-4-6-10(9)13/h8-10H,3-7,13H2,1-2H3,(H,14,17)(H,15,16). The van der Waals surface area contributed by atoms with Gasteiger partial charge in [0.2, 0.25) is 11.8 Å². The van der Waals surface area contributed by atoms with E-state index in [0.717, 1.165) is 25.7 Å². The summed E-state index contributed by atoms with van der Waals surface area (Å²) in [5, 5.41) is 5.38. The SMILES string of the molecule is CC(C)NC(=O)CNC(=O)C1CCCCC1N. The third-order valence-corrected chi connectivity index (χ3v) is 3.03. The van der Waals surface area contributed by atoms with Gasteiger partial charge in [-0.3, -0.25) is 9.59 Å². The summed E-state index contributed by atoms with van der Waals surface area (Å²) in [6.07, 6.45) is 3.87. The maximum atomic E-state index is 11.8. The molecule has 1 rings (SSSR count). The van der Waals surface area contributed by atoms with Crippen molar-refractivity contribution < 1.29 is 9.59 Å². The Hall–Kier alpha value is -1.10. The van der Waals surface area contributed by atoms with Crippen molar-refractivity contribution in [2.45, 2.75) is 51.6 Å². The molecule has 17 heavy (non-hydrogen) atoms. The quantitative estimate of drug-likeness (QED) is 0.655. The molecule has 0 aliphatic heterocycles. The van der Waals surface area contributed by atoms with Crippen molar-refractivity contribution >= 4 is 11.8 Å². The van der Waals surface area contributed by atoms with Crippen LogP contribution in [0.2, 0.25) is 0 Å². The number of rotatable bonds is 4. The molecule has 0 saturated heterocycles. The van der Waals surface area contributed by atoms with E-state index in [1.54, 1.807) is 0 Å². The van der Waals surface area contributed by atoms with Crippen LogP contribution in [-0.2, 0) is 9.59 Å². The number of carbonyl (C=O) groups excluding carboxylic acids is 2. The summed E-state index contributed by atoms with van der Waals surface area (Å²) >= 11 is 0. The van der Waals surface area contributed by atoms with Crippen molar-refractivity contribution in [1.29, 1.82) is 0 Å². The minimum Gasteiger partial charge on any atom is -0.352 e. The number of nitrogens with one attached hydrogen (secondary N) is 2. The van der Waals surface area contributed by atoms with Crippen LogP contribution in [0.15, 0.2) is 0 Å². The molecule has 2 atom stereocenters. The Morgan fingerprint density at radius 2 is 1.94 bits per heavy atom. The van der Waals surface area contributed by atoms with Crippen molar-refractivity contribution in [3.63, 3.8) is 0 Å². The Morgan fingerprint density at radius 3 is 2.53 bits per heavy atom. The molecule has 0 bridgehead atoms. The molecule has 98 valence electrons. The maximum Gasteiger partial charge on any atom is 0.239 e. The van der Waals surface area contributed by atoms with E-state index in [1.807, 2.05) is 13.8 Å². The van der Waals surface area contributed by atoms with Gasteiger partial charge in [-0.05, 0) is 26.7 Å². The lowest BCUT2D eigenvalue weighted by Gasteiger charge is -2.27. The number of nitrogens with two attached hydrogens (primary N) is 1. The van der Waals surface area contributed by atoms with E-state index in [-0.39, 0.29) is 36.4 Å². The van der Waals surface area contributed by atoms with Crippen LogP contribution < -0.4 is 16.4 Å². The molecule has 0 aromatic rings. The van der Waals surface area contributed by atoms with Gasteiger partial charge in [0.15, 0.2) is 0 Å². The second-order valence-electron chi connectivity index (χ2n) is 4.99. The fraction of sp³-hybridized carbons (Fsp3) is 0.833. The van der Waals surface area contributed by atoms with Gasteiger partial charge in [-0.15, -0.1) is 0 Å². The lowest BCUT2D eigenvalue weighted by Crippen LogP contribution is -2.47. The fourth-order valence-corrected chi connectivity index (χ4v) is 2.16. The first-order valence-electron chi connectivity index (χ1n) is 6.33. The van der Waals surface area contributed by atoms with E-state index in [2.05, 4.69) is 10.6 Å². The zero-order chi connectivity index (χ0) is 12.8. The van der Waals surface area contributed by atoms with Gasteiger partial charge in [-0.2, -0.15) is 0 Å². The average molecular weight is 241 g/mol. The predicted molar refractivity (Wildman–Crippen MR) is 66.2 cm³/mol. The summed E-state index contributed by atoms with van der Waals surface area (Å²) < 4.78 is 0. The highest BCUT2D eigenvalue weighted by atomic mass is 16.2. The van der Waals surface area contributed by atoms with E-state index >= 15 is 0 Å². The number of carbonyl (C=O) groups is 2. The van der Waals surface area contributed by atoms with E-state index in [9.17, 15) is 9.59 Å². The van der Waals surface area contributed by atoms with Crippen molar-refractivity contribution in [2.24, 2.45) is 11.7 Å². The molecule has 0 heterocycles. The Kier molecular flexibility index (Phi) is 5.41. The van der Waals surface area contributed by atoms with E-state index in [0.29, 0.717) is 0 Å². The smallest absolute Gasteiger partial charge is 0.239 e. The predicted octanol–water partition coefficient (Wildman–Crippen LogP) is 0.145. The van der Waals surface area contributed by atoms with Crippen LogP contribution in [0.1, 0.15) is 39.5 Å². The van der Waals surface area contributed by atoms with E-state index in [4.69, 9.17) is 5.73 Å². The van der Waals surface area contributed by atoms with Crippen molar-refractivity contribution in [2.75, 3.05) is 6.54 Å². The average Bonchev–Trinajstić information content (AvgIpc) is 2.25. The van der Waals surface area contributed by atoms with Gasteiger partial charge in [0, 0.05) is 12.1 Å². The highest BCUT2D eigenvalue weighted by Crippen LogP contribution is 2.22. The van der Waals surface area contributed by atoms with E-state index < -0.39 is 0 Å². The highest BCUT2D eigenvalue weighted by molar-refractivity contribution is 5.86. The number of hydrogen-bond acceptors (Lipinski definition) is 3. The molecular weight excluding hydrogens is 218 g/mol.